The Morgan fingerprint density at radius 1 is 1.32 bits per heavy atom. The fourth-order valence-electron chi connectivity index (χ4n) is 1.55. The predicted molar refractivity (Wildman–Crippen MR) is 80.2 cm³/mol. The highest BCUT2D eigenvalue weighted by molar-refractivity contribution is 7.20. The lowest BCUT2D eigenvalue weighted by molar-refractivity contribution is -0.118. The first kappa shape index (κ1) is 13.5. The van der Waals surface area contributed by atoms with Crippen LogP contribution >= 0.6 is 11.3 Å². The van der Waals surface area contributed by atoms with Crippen LogP contribution in [0.15, 0.2) is 24.3 Å². The number of carbonyl (C=O) groups excluding carboxylic acids is 1. The second-order valence-corrected chi connectivity index (χ2v) is 5.77. The quantitative estimate of drug-likeness (QED) is 0.903. The first-order valence-corrected chi connectivity index (χ1v) is 6.93. The zero-order valence-corrected chi connectivity index (χ0v) is 12.0. The maximum Gasteiger partial charge on any atom is 0.228 e. The molecule has 19 heavy (non-hydrogen) atoms. The summed E-state index contributed by atoms with van der Waals surface area (Å²) >= 11 is 1.29. The Morgan fingerprint density at radius 3 is 2.53 bits per heavy atom. The van der Waals surface area contributed by atoms with Crippen LogP contribution in [-0.4, -0.2) is 10.9 Å². The molecular formula is C14H17N3OS. The third-order valence-corrected chi connectivity index (χ3v) is 3.53. The molecule has 1 aromatic heterocycles. The number of aromatic nitrogens is 1. The number of aryl methyl sites for hydroxylation is 1. The van der Waals surface area contributed by atoms with Crippen molar-refractivity contribution in [3.05, 3.63) is 29.8 Å². The van der Waals surface area contributed by atoms with E-state index in [9.17, 15) is 4.79 Å². The number of hydrogen-bond donors (Lipinski definition) is 2. The number of anilines is 2. The standard InChI is InChI=1S/C14H17N3OS/c1-8(2)13(18)17-14-16-11(12(15)19-14)10-6-4-9(3)5-7-10/h4-8H,15H2,1-3H3,(H,16,17,18). The summed E-state index contributed by atoms with van der Waals surface area (Å²) in [6.45, 7) is 5.71. The van der Waals surface area contributed by atoms with Crippen LogP contribution in [0.1, 0.15) is 19.4 Å². The molecule has 0 atom stereocenters. The number of nitrogen functional groups attached to an aromatic ring is 1. The van der Waals surface area contributed by atoms with Crippen molar-refractivity contribution in [1.29, 1.82) is 0 Å². The van der Waals surface area contributed by atoms with E-state index in [-0.39, 0.29) is 11.8 Å². The van der Waals surface area contributed by atoms with Gasteiger partial charge in [-0.15, -0.1) is 0 Å². The number of thiazole rings is 1. The van der Waals surface area contributed by atoms with Gasteiger partial charge in [0.05, 0.1) is 0 Å². The average molecular weight is 275 g/mol. The molecule has 0 aliphatic carbocycles. The van der Waals surface area contributed by atoms with Gasteiger partial charge < -0.3 is 11.1 Å². The highest BCUT2D eigenvalue weighted by Gasteiger charge is 2.14. The molecule has 1 heterocycles. The van der Waals surface area contributed by atoms with Crippen LogP contribution in [-0.2, 0) is 4.79 Å². The van der Waals surface area contributed by atoms with Crippen molar-refractivity contribution in [2.45, 2.75) is 20.8 Å². The van der Waals surface area contributed by atoms with Gasteiger partial charge in [0.15, 0.2) is 5.13 Å². The zero-order chi connectivity index (χ0) is 14.0. The van der Waals surface area contributed by atoms with Gasteiger partial charge in [-0.05, 0) is 6.92 Å². The van der Waals surface area contributed by atoms with Crippen molar-refractivity contribution in [1.82, 2.24) is 4.98 Å². The number of rotatable bonds is 3. The van der Waals surface area contributed by atoms with Gasteiger partial charge in [0, 0.05) is 11.5 Å². The maximum absolute atomic E-state index is 11.6. The summed E-state index contributed by atoms with van der Waals surface area (Å²) in [6.07, 6.45) is 0. The molecule has 0 bridgehead atoms. The molecule has 2 aromatic rings. The van der Waals surface area contributed by atoms with Gasteiger partial charge in [0.25, 0.3) is 0 Å². The van der Waals surface area contributed by atoms with Gasteiger partial charge >= 0.3 is 0 Å². The minimum Gasteiger partial charge on any atom is -0.389 e. The molecule has 5 heteroatoms. The third kappa shape index (κ3) is 3.12. The summed E-state index contributed by atoms with van der Waals surface area (Å²) in [4.78, 5) is 16.0. The predicted octanol–water partition coefficient (Wildman–Crippen LogP) is 3.30. The molecule has 0 saturated heterocycles. The van der Waals surface area contributed by atoms with E-state index in [0.29, 0.717) is 10.1 Å². The highest BCUT2D eigenvalue weighted by atomic mass is 32.1. The van der Waals surface area contributed by atoms with E-state index in [0.717, 1.165) is 11.3 Å². The van der Waals surface area contributed by atoms with Gasteiger partial charge in [-0.25, -0.2) is 4.98 Å². The molecule has 0 fully saturated rings. The molecule has 0 saturated carbocycles. The van der Waals surface area contributed by atoms with Gasteiger partial charge in [0.1, 0.15) is 10.7 Å². The normalized spacial score (nSPS) is 10.7. The van der Waals surface area contributed by atoms with E-state index in [4.69, 9.17) is 5.73 Å². The lowest BCUT2D eigenvalue weighted by Crippen LogP contribution is -2.17. The summed E-state index contributed by atoms with van der Waals surface area (Å²) < 4.78 is 0. The Balaban J connectivity index is 2.26. The minimum absolute atomic E-state index is 0.0517. The number of amides is 1. The number of carbonyl (C=O) groups is 1. The molecule has 2 rings (SSSR count). The lowest BCUT2D eigenvalue weighted by atomic mass is 10.1. The first-order chi connectivity index (χ1) is 8.97. The maximum atomic E-state index is 11.6. The molecule has 0 aliphatic rings. The lowest BCUT2D eigenvalue weighted by Gasteiger charge is -2.03. The Kier molecular flexibility index (Phi) is 3.85. The number of benzene rings is 1. The molecule has 1 aromatic carbocycles. The van der Waals surface area contributed by atoms with Crippen LogP contribution in [0, 0.1) is 12.8 Å². The van der Waals surface area contributed by atoms with Crippen molar-refractivity contribution in [2.75, 3.05) is 11.1 Å². The van der Waals surface area contributed by atoms with Gasteiger partial charge in [-0.1, -0.05) is 55.0 Å². The van der Waals surface area contributed by atoms with Crippen molar-refractivity contribution < 1.29 is 4.79 Å². The summed E-state index contributed by atoms with van der Waals surface area (Å²) in [6, 6.07) is 7.99. The molecule has 100 valence electrons. The second-order valence-electron chi connectivity index (χ2n) is 4.74. The molecular weight excluding hydrogens is 258 g/mol. The smallest absolute Gasteiger partial charge is 0.228 e. The first-order valence-electron chi connectivity index (χ1n) is 6.11. The monoisotopic (exact) mass is 275 g/mol. The van der Waals surface area contributed by atoms with E-state index < -0.39 is 0 Å². The second kappa shape index (κ2) is 5.40. The average Bonchev–Trinajstić information content (AvgIpc) is 2.71. The minimum atomic E-state index is -0.0760. The number of nitrogens with zero attached hydrogens (tertiary/aromatic N) is 1. The summed E-state index contributed by atoms with van der Waals surface area (Å²) in [5.74, 6) is -0.128. The largest absolute Gasteiger partial charge is 0.389 e. The van der Waals surface area contributed by atoms with Crippen LogP contribution in [0.5, 0.6) is 0 Å². The van der Waals surface area contributed by atoms with Gasteiger partial charge in [-0.3, -0.25) is 4.79 Å². The Morgan fingerprint density at radius 2 is 1.95 bits per heavy atom. The summed E-state index contributed by atoms with van der Waals surface area (Å²) in [7, 11) is 0. The molecule has 0 radical (unpaired) electrons. The molecule has 0 aliphatic heterocycles. The van der Waals surface area contributed by atoms with E-state index in [1.807, 2.05) is 45.0 Å². The summed E-state index contributed by atoms with van der Waals surface area (Å²) in [5, 5.41) is 3.93. The Labute approximate surface area is 116 Å². The van der Waals surface area contributed by atoms with Crippen LogP contribution in [0.4, 0.5) is 10.1 Å². The zero-order valence-electron chi connectivity index (χ0n) is 11.2. The fourth-order valence-corrected chi connectivity index (χ4v) is 2.31. The van der Waals surface area contributed by atoms with E-state index in [1.165, 1.54) is 16.9 Å². The van der Waals surface area contributed by atoms with Crippen LogP contribution < -0.4 is 11.1 Å². The van der Waals surface area contributed by atoms with Crippen LogP contribution in [0.25, 0.3) is 11.3 Å². The van der Waals surface area contributed by atoms with Crippen molar-refractivity contribution in [3.63, 3.8) is 0 Å². The van der Waals surface area contributed by atoms with Gasteiger partial charge in [0.2, 0.25) is 5.91 Å². The third-order valence-electron chi connectivity index (χ3n) is 2.73. The molecule has 3 N–H and O–H groups in total. The molecule has 0 spiro atoms. The fraction of sp³-hybridized carbons (Fsp3) is 0.286. The topological polar surface area (TPSA) is 68.0 Å². The number of nitrogens with one attached hydrogen (secondary N) is 1. The van der Waals surface area contributed by atoms with Crippen LogP contribution in [0.3, 0.4) is 0 Å². The van der Waals surface area contributed by atoms with E-state index in [1.54, 1.807) is 0 Å². The SMILES string of the molecule is Cc1ccc(-c2nc(NC(=O)C(C)C)sc2N)cc1. The Bertz CT molecular complexity index is 587. The van der Waals surface area contributed by atoms with Crippen LogP contribution in [0.2, 0.25) is 0 Å². The molecule has 0 unspecified atom stereocenters. The van der Waals surface area contributed by atoms with Gasteiger partial charge in [-0.2, -0.15) is 0 Å². The highest BCUT2D eigenvalue weighted by Crippen LogP contribution is 2.33. The van der Waals surface area contributed by atoms with E-state index in [2.05, 4.69) is 10.3 Å². The molecule has 1 amide bonds. The van der Waals surface area contributed by atoms with Crippen molar-refractivity contribution in [2.24, 2.45) is 5.92 Å². The summed E-state index contributed by atoms with van der Waals surface area (Å²) in [5.41, 5.74) is 8.84. The van der Waals surface area contributed by atoms with Crippen molar-refractivity contribution >= 4 is 27.4 Å². The van der Waals surface area contributed by atoms with E-state index >= 15 is 0 Å². The Hall–Kier alpha value is -1.88. The van der Waals surface area contributed by atoms with Crippen molar-refractivity contribution in [3.8, 4) is 11.3 Å². The number of hydrogen-bond acceptors (Lipinski definition) is 4. The number of nitrogens with two attached hydrogens (primary N) is 1. The molecule has 4 nitrogen and oxygen atoms in total.